The molecule has 434 valence electrons. The maximum absolute atomic E-state index is 13.2. The van der Waals surface area contributed by atoms with Crippen molar-refractivity contribution >= 4 is 5.91 Å². The van der Waals surface area contributed by atoms with Gasteiger partial charge in [-0.05, 0) is 38.5 Å². The van der Waals surface area contributed by atoms with Crippen molar-refractivity contribution in [2.75, 3.05) is 13.2 Å². The zero-order valence-electron chi connectivity index (χ0n) is 47.6. The standard InChI is InChI=1S/C62H121NO10/c1-3-5-7-9-11-13-15-17-19-21-23-25-27-29-31-33-35-37-39-41-43-45-47-49-54(65)57(67)53(52-72-62-60(70)59(69)58(68)56(51-64)73-62)63-61(71)55(66)50-48-46-44-42-40-38-36-34-32-30-28-26-24-22-20-18-16-14-12-10-8-6-4-2/h30,32,53-60,62,64-70H,3-29,31,33-52H2,1-2H3,(H,63,71)/b32-30-. The van der Waals surface area contributed by atoms with Crippen LogP contribution in [0.3, 0.4) is 0 Å². The van der Waals surface area contributed by atoms with Gasteiger partial charge in [-0.1, -0.05) is 283 Å². The van der Waals surface area contributed by atoms with Crippen molar-refractivity contribution in [3.8, 4) is 0 Å². The highest BCUT2D eigenvalue weighted by Crippen LogP contribution is 2.24. The molecule has 11 nitrogen and oxygen atoms in total. The molecule has 9 unspecified atom stereocenters. The fraction of sp³-hybridized carbons (Fsp3) is 0.952. The summed E-state index contributed by atoms with van der Waals surface area (Å²) in [4.78, 5) is 13.2. The molecular formula is C62H121NO10. The topological polar surface area (TPSA) is 189 Å². The van der Waals surface area contributed by atoms with Crippen LogP contribution in [0.4, 0.5) is 0 Å². The molecule has 0 aromatic carbocycles. The van der Waals surface area contributed by atoms with Crippen LogP contribution < -0.4 is 5.32 Å². The number of amides is 1. The molecule has 1 amide bonds. The van der Waals surface area contributed by atoms with Crippen molar-refractivity contribution in [2.45, 2.75) is 364 Å². The Labute approximate surface area is 449 Å². The number of aliphatic hydroxyl groups excluding tert-OH is 7. The summed E-state index contributed by atoms with van der Waals surface area (Å²) in [5, 5.41) is 76.3. The van der Waals surface area contributed by atoms with Crippen molar-refractivity contribution in [3.05, 3.63) is 12.2 Å². The average Bonchev–Trinajstić information content (AvgIpc) is 3.39. The molecule has 1 fully saturated rings. The largest absolute Gasteiger partial charge is 0.394 e. The molecule has 0 spiro atoms. The second kappa shape index (κ2) is 51.6. The second-order valence-corrected chi connectivity index (χ2v) is 22.5. The lowest BCUT2D eigenvalue weighted by atomic mass is 9.98. The molecule has 0 radical (unpaired) electrons. The molecule has 9 atom stereocenters. The summed E-state index contributed by atoms with van der Waals surface area (Å²) in [7, 11) is 0. The van der Waals surface area contributed by atoms with E-state index in [1.807, 2.05) is 0 Å². The highest BCUT2D eigenvalue weighted by atomic mass is 16.7. The van der Waals surface area contributed by atoms with Crippen LogP contribution in [-0.4, -0.2) is 110 Å². The Balaban J connectivity index is 2.27. The molecule has 1 heterocycles. The average molecular weight is 1040 g/mol. The minimum Gasteiger partial charge on any atom is -0.394 e. The normalized spacial score (nSPS) is 19.9. The minimum atomic E-state index is -1.66. The van der Waals surface area contributed by atoms with Gasteiger partial charge < -0.3 is 50.5 Å². The van der Waals surface area contributed by atoms with Crippen molar-refractivity contribution in [2.24, 2.45) is 0 Å². The van der Waals surface area contributed by atoms with Gasteiger partial charge in [0.2, 0.25) is 5.91 Å². The third-order valence-corrected chi connectivity index (χ3v) is 15.6. The number of aliphatic hydroxyl groups is 7. The van der Waals surface area contributed by atoms with Gasteiger partial charge in [-0.25, -0.2) is 0 Å². The van der Waals surface area contributed by atoms with Gasteiger partial charge in [0.05, 0.1) is 25.4 Å². The van der Waals surface area contributed by atoms with Crippen molar-refractivity contribution in [1.29, 1.82) is 0 Å². The van der Waals surface area contributed by atoms with Crippen LogP contribution in [0.5, 0.6) is 0 Å². The van der Waals surface area contributed by atoms with Crippen LogP contribution in [0.25, 0.3) is 0 Å². The van der Waals surface area contributed by atoms with Crippen molar-refractivity contribution in [1.82, 2.24) is 5.32 Å². The Kier molecular flexibility index (Phi) is 49.4. The molecule has 0 aromatic rings. The molecule has 0 bridgehead atoms. The SMILES string of the molecule is CCCCCCCCCCCCCC/C=C\CCCCCCCCCC(O)C(=O)NC(COC1OC(CO)C(O)C(O)C1O)C(O)C(O)CCCCCCCCCCCCCCCCCCCCCCCCC. The summed E-state index contributed by atoms with van der Waals surface area (Å²) in [6, 6.07) is -1.17. The van der Waals surface area contributed by atoms with E-state index in [0.29, 0.717) is 19.3 Å². The van der Waals surface area contributed by atoms with E-state index in [2.05, 4.69) is 31.3 Å². The number of hydrogen-bond acceptors (Lipinski definition) is 10. The molecule has 1 aliphatic heterocycles. The fourth-order valence-electron chi connectivity index (χ4n) is 10.4. The van der Waals surface area contributed by atoms with Crippen LogP contribution in [-0.2, 0) is 14.3 Å². The quantitative estimate of drug-likeness (QED) is 0.0215. The van der Waals surface area contributed by atoms with Gasteiger partial charge in [-0.3, -0.25) is 4.79 Å². The molecule has 8 N–H and O–H groups in total. The number of hydrogen-bond donors (Lipinski definition) is 8. The number of carbonyl (C=O) groups excluding carboxylic acids is 1. The number of nitrogens with one attached hydrogen (secondary N) is 1. The Hall–Kier alpha value is -1.15. The van der Waals surface area contributed by atoms with Gasteiger partial charge in [0, 0.05) is 0 Å². The van der Waals surface area contributed by atoms with Gasteiger partial charge in [-0.15, -0.1) is 0 Å². The zero-order chi connectivity index (χ0) is 53.3. The summed E-state index contributed by atoms with van der Waals surface area (Å²) >= 11 is 0. The Bertz CT molecular complexity index is 1190. The fourth-order valence-corrected chi connectivity index (χ4v) is 10.4. The zero-order valence-corrected chi connectivity index (χ0v) is 47.6. The maximum Gasteiger partial charge on any atom is 0.249 e. The number of rotatable bonds is 55. The maximum atomic E-state index is 13.2. The smallest absolute Gasteiger partial charge is 0.249 e. The van der Waals surface area contributed by atoms with E-state index in [0.717, 1.165) is 44.9 Å². The molecule has 11 heteroatoms. The monoisotopic (exact) mass is 1040 g/mol. The summed E-state index contributed by atoms with van der Waals surface area (Å²) in [6.07, 6.45) is 49.8. The van der Waals surface area contributed by atoms with Gasteiger partial charge in [0.1, 0.15) is 36.6 Å². The number of carbonyl (C=O) groups is 1. The number of ether oxygens (including phenoxy) is 2. The lowest BCUT2D eigenvalue weighted by Gasteiger charge is -2.40. The van der Waals surface area contributed by atoms with E-state index < -0.39 is 74.2 Å². The Morgan fingerprint density at radius 3 is 1.15 bits per heavy atom. The summed E-state index contributed by atoms with van der Waals surface area (Å²) in [5.41, 5.74) is 0. The predicted octanol–water partition coefficient (Wildman–Crippen LogP) is 13.9. The van der Waals surface area contributed by atoms with Gasteiger partial charge in [-0.2, -0.15) is 0 Å². The first-order valence-electron chi connectivity index (χ1n) is 31.6. The van der Waals surface area contributed by atoms with Crippen molar-refractivity contribution < 1.29 is 50.0 Å². The molecule has 1 aliphatic rings. The minimum absolute atomic E-state index is 0.258. The van der Waals surface area contributed by atoms with Gasteiger partial charge in [0.15, 0.2) is 6.29 Å². The van der Waals surface area contributed by atoms with E-state index in [1.54, 1.807) is 0 Å². The van der Waals surface area contributed by atoms with Crippen LogP contribution in [0.2, 0.25) is 0 Å². The lowest BCUT2D eigenvalue weighted by Crippen LogP contribution is -2.60. The molecule has 1 saturated heterocycles. The third-order valence-electron chi connectivity index (χ3n) is 15.6. The van der Waals surface area contributed by atoms with E-state index in [1.165, 1.54) is 225 Å². The highest BCUT2D eigenvalue weighted by Gasteiger charge is 2.44. The molecule has 0 saturated carbocycles. The van der Waals surface area contributed by atoms with Gasteiger partial charge >= 0.3 is 0 Å². The number of unbranched alkanes of at least 4 members (excludes halogenated alkanes) is 41. The van der Waals surface area contributed by atoms with Crippen LogP contribution >= 0.6 is 0 Å². The Morgan fingerprint density at radius 1 is 0.466 bits per heavy atom. The van der Waals surface area contributed by atoms with E-state index in [4.69, 9.17) is 9.47 Å². The van der Waals surface area contributed by atoms with Crippen LogP contribution in [0.15, 0.2) is 12.2 Å². The Morgan fingerprint density at radius 2 is 0.795 bits per heavy atom. The second-order valence-electron chi connectivity index (χ2n) is 22.5. The predicted molar refractivity (Wildman–Crippen MR) is 303 cm³/mol. The molecule has 73 heavy (non-hydrogen) atoms. The molecular weight excluding hydrogens is 919 g/mol. The van der Waals surface area contributed by atoms with Crippen LogP contribution in [0.1, 0.15) is 309 Å². The van der Waals surface area contributed by atoms with E-state index >= 15 is 0 Å². The molecule has 0 aliphatic carbocycles. The summed E-state index contributed by atoms with van der Waals surface area (Å²) in [6.45, 7) is 3.50. The first kappa shape index (κ1) is 69.9. The lowest BCUT2D eigenvalue weighted by molar-refractivity contribution is -0.303. The summed E-state index contributed by atoms with van der Waals surface area (Å²) in [5.74, 6) is -0.694. The molecule has 0 aromatic heterocycles. The number of allylic oxidation sites excluding steroid dienone is 2. The van der Waals surface area contributed by atoms with Crippen molar-refractivity contribution in [3.63, 3.8) is 0 Å². The van der Waals surface area contributed by atoms with E-state index in [9.17, 15) is 40.5 Å². The summed E-state index contributed by atoms with van der Waals surface area (Å²) < 4.78 is 11.2. The van der Waals surface area contributed by atoms with Crippen LogP contribution in [0, 0.1) is 0 Å². The first-order chi connectivity index (χ1) is 35.7. The van der Waals surface area contributed by atoms with Gasteiger partial charge in [0.25, 0.3) is 0 Å². The highest BCUT2D eigenvalue weighted by molar-refractivity contribution is 5.80. The van der Waals surface area contributed by atoms with E-state index in [-0.39, 0.29) is 6.42 Å². The first-order valence-corrected chi connectivity index (χ1v) is 31.6. The molecule has 1 rings (SSSR count). The third kappa shape index (κ3) is 39.8.